The van der Waals surface area contributed by atoms with Crippen molar-refractivity contribution in [1.82, 2.24) is 9.62 Å². The number of methoxy groups -OCH3 is 1. The van der Waals surface area contributed by atoms with Crippen LogP contribution in [0.1, 0.15) is 12.5 Å². The van der Waals surface area contributed by atoms with E-state index in [2.05, 4.69) is 5.32 Å². The molecule has 5 nitrogen and oxygen atoms in total. The van der Waals surface area contributed by atoms with Gasteiger partial charge in [-0.2, -0.15) is 0 Å². The van der Waals surface area contributed by atoms with Crippen LogP contribution in [-0.2, 0) is 21.2 Å². The Kier molecular flexibility index (Phi) is 6.61. The maximum Gasteiger partial charge on any atom is 0.242 e. The molecule has 1 aromatic carbocycles. The smallest absolute Gasteiger partial charge is 0.242 e. The number of rotatable bonds is 8. The Morgan fingerprint density at radius 3 is 2.50 bits per heavy atom. The van der Waals surface area contributed by atoms with Crippen LogP contribution in [0.5, 0.6) is 0 Å². The minimum Gasteiger partial charge on any atom is -0.383 e. The Morgan fingerprint density at radius 2 is 1.95 bits per heavy atom. The number of nitrogens with zero attached hydrogens (tertiary/aromatic N) is 1. The van der Waals surface area contributed by atoms with E-state index in [0.29, 0.717) is 17.9 Å². The predicted octanol–water partition coefficient (Wildman–Crippen LogP) is 1.10. The summed E-state index contributed by atoms with van der Waals surface area (Å²) >= 11 is 0. The maximum atomic E-state index is 12.3. The van der Waals surface area contributed by atoms with Crippen LogP contribution >= 0.6 is 0 Å². The number of sulfonamides is 1. The molecule has 114 valence electrons. The summed E-state index contributed by atoms with van der Waals surface area (Å²) in [7, 11) is 1.32. The average Bonchev–Trinajstić information content (AvgIpc) is 2.39. The lowest BCUT2D eigenvalue weighted by atomic mass is 10.1. The highest BCUT2D eigenvalue weighted by Gasteiger charge is 2.22. The van der Waals surface area contributed by atoms with Crippen molar-refractivity contribution in [2.45, 2.75) is 24.3 Å². The molecule has 1 rings (SSSR count). The quantitative estimate of drug-likeness (QED) is 0.781. The summed E-state index contributed by atoms with van der Waals surface area (Å²) in [6.45, 7) is 3.38. The molecule has 0 aromatic heterocycles. The van der Waals surface area contributed by atoms with Gasteiger partial charge in [0.25, 0.3) is 0 Å². The zero-order valence-electron chi connectivity index (χ0n) is 12.6. The van der Waals surface area contributed by atoms with Crippen LogP contribution in [0.3, 0.4) is 0 Å². The molecule has 0 amide bonds. The van der Waals surface area contributed by atoms with Gasteiger partial charge in [0.05, 0.1) is 11.5 Å². The fourth-order valence-corrected chi connectivity index (χ4v) is 3.19. The molecule has 0 saturated carbocycles. The standard InChI is InChI=1S/C14H24N2O3S/c1-5-15-13(11-19-4)10-12-8-6-7-9-14(12)20(17,18)16(2)3/h6-9,13,15H,5,10-11H2,1-4H3. The van der Waals surface area contributed by atoms with Crippen LogP contribution in [0.15, 0.2) is 29.2 Å². The van der Waals surface area contributed by atoms with E-state index in [4.69, 9.17) is 4.74 Å². The van der Waals surface area contributed by atoms with Crippen molar-refractivity contribution < 1.29 is 13.2 Å². The highest BCUT2D eigenvalue weighted by molar-refractivity contribution is 7.89. The zero-order chi connectivity index (χ0) is 15.2. The molecule has 0 heterocycles. The summed E-state index contributed by atoms with van der Waals surface area (Å²) in [4.78, 5) is 0.365. The first-order chi connectivity index (χ1) is 9.43. The summed E-state index contributed by atoms with van der Waals surface area (Å²) in [5.74, 6) is 0. The number of nitrogens with one attached hydrogen (secondary N) is 1. The van der Waals surface area contributed by atoms with Gasteiger partial charge in [0, 0.05) is 27.2 Å². The Balaban J connectivity index is 3.07. The number of benzene rings is 1. The lowest BCUT2D eigenvalue weighted by molar-refractivity contribution is 0.166. The SMILES string of the molecule is CCNC(COC)Cc1ccccc1S(=O)(=O)N(C)C. The van der Waals surface area contributed by atoms with Gasteiger partial charge in [-0.3, -0.25) is 0 Å². The summed E-state index contributed by atoms with van der Waals surface area (Å²) in [6.07, 6.45) is 0.616. The van der Waals surface area contributed by atoms with Crippen molar-refractivity contribution >= 4 is 10.0 Å². The Labute approximate surface area is 122 Å². The van der Waals surface area contributed by atoms with E-state index in [1.165, 1.54) is 4.31 Å². The van der Waals surface area contributed by atoms with Gasteiger partial charge in [-0.15, -0.1) is 0 Å². The minimum atomic E-state index is -3.42. The van der Waals surface area contributed by atoms with E-state index < -0.39 is 10.0 Å². The third kappa shape index (κ3) is 4.28. The van der Waals surface area contributed by atoms with Gasteiger partial charge < -0.3 is 10.1 Å². The summed E-state index contributed by atoms with van der Waals surface area (Å²) < 4.78 is 31.1. The highest BCUT2D eigenvalue weighted by atomic mass is 32.2. The lowest BCUT2D eigenvalue weighted by Crippen LogP contribution is -2.35. The zero-order valence-corrected chi connectivity index (χ0v) is 13.4. The fraction of sp³-hybridized carbons (Fsp3) is 0.571. The topological polar surface area (TPSA) is 58.6 Å². The van der Waals surface area contributed by atoms with Crippen LogP contribution < -0.4 is 5.32 Å². The lowest BCUT2D eigenvalue weighted by Gasteiger charge is -2.20. The molecule has 1 N–H and O–H groups in total. The van der Waals surface area contributed by atoms with Gasteiger partial charge >= 0.3 is 0 Å². The molecule has 0 spiro atoms. The van der Waals surface area contributed by atoms with Crippen LogP contribution in [0.2, 0.25) is 0 Å². The van der Waals surface area contributed by atoms with Crippen molar-refractivity contribution in [3.8, 4) is 0 Å². The third-order valence-corrected chi connectivity index (χ3v) is 4.97. The molecule has 6 heteroatoms. The number of likely N-dealkylation sites (N-methyl/N-ethyl adjacent to an activating group) is 1. The Morgan fingerprint density at radius 1 is 1.30 bits per heavy atom. The van der Waals surface area contributed by atoms with Crippen LogP contribution in [0.4, 0.5) is 0 Å². The molecule has 1 unspecified atom stereocenters. The molecular weight excluding hydrogens is 276 g/mol. The van der Waals surface area contributed by atoms with E-state index in [1.54, 1.807) is 33.3 Å². The van der Waals surface area contributed by atoms with Crippen molar-refractivity contribution in [1.29, 1.82) is 0 Å². The highest BCUT2D eigenvalue weighted by Crippen LogP contribution is 2.19. The Bertz CT molecular complexity index is 509. The second-order valence-electron chi connectivity index (χ2n) is 4.81. The second-order valence-corrected chi connectivity index (χ2v) is 6.93. The van der Waals surface area contributed by atoms with Crippen molar-refractivity contribution in [2.24, 2.45) is 0 Å². The van der Waals surface area contributed by atoms with Gasteiger partial charge in [-0.25, -0.2) is 12.7 Å². The van der Waals surface area contributed by atoms with Crippen LogP contribution in [0, 0.1) is 0 Å². The van der Waals surface area contributed by atoms with Gasteiger partial charge in [0.1, 0.15) is 0 Å². The summed E-state index contributed by atoms with van der Waals surface area (Å²) in [5, 5.41) is 3.31. The van der Waals surface area contributed by atoms with Crippen LogP contribution in [0.25, 0.3) is 0 Å². The van der Waals surface area contributed by atoms with E-state index in [-0.39, 0.29) is 6.04 Å². The number of hydrogen-bond acceptors (Lipinski definition) is 4. The molecular formula is C14H24N2O3S. The number of hydrogen-bond donors (Lipinski definition) is 1. The first-order valence-electron chi connectivity index (χ1n) is 6.66. The molecule has 1 aromatic rings. The van der Waals surface area contributed by atoms with E-state index in [0.717, 1.165) is 12.1 Å². The normalized spacial score (nSPS) is 13.7. The summed E-state index contributed by atoms with van der Waals surface area (Å²) in [6, 6.07) is 7.22. The van der Waals surface area contributed by atoms with Crippen molar-refractivity contribution in [3.63, 3.8) is 0 Å². The van der Waals surface area contributed by atoms with E-state index >= 15 is 0 Å². The van der Waals surface area contributed by atoms with Gasteiger partial charge in [-0.05, 0) is 24.6 Å². The maximum absolute atomic E-state index is 12.3. The van der Waals surface area contributed by atoms with E-state index in [1.807, 2.05) is 19.1 Å². The number of ether oxygens (including phenoxy) is 1. The molecule has 1 atom stereocenters. The fourth-order valence-electron chi connectivity index (χ4n) is 2.07. The first-order valence-corrected chi connectivity index (χ1v) is 8.10. The molecule has 0 aliphatic heterocycles. The second kappa shape index (κ2) is 7.73. The third-order valence-electron chi connectivity index (χ3n) is 3.06. The largest absolute Gasteiger partial charge is 0.383 e. The molecule has 0 aliphatic carbocycles. The molecule has 0 bridgehead atoms. The van der Waals surface area contributed by atoms with Crippen LogP contribution in [-0.4, -0.2) is 53.1 Å². The first kappa shape index (κ1) is 17.1. The Hall–Kier alpha value is -0.950. The molecule has 0 radical (unpaired) electrons. The average molecular weight is 300 g/mol. The van der Waals surface area contributed by atoms with E-state index in [9.17, 15) is 8.42 Å². The van der Waals surface area contributed by atoms with Gasteiger partial charge in [0.2, 0.25) is 10.0 Å². The summed E-state index contributed by atoms with van der Waals surface area (Å²) in [5.41, 5.74) is 0.809. The minimum absolute atomic E-state index is 0.100. The monoisotopic (exact) mass is 300 g/mol. The van der Waals surface area contributed by atoms with Crippen molar-refractivity contribution in [3.05, 3.63) is 29.8 Å². The molecule has 0 saturated heterocycles. The molecule has 20 heavy (non-hydrogen) atoms. The van der Waals surface area contributed by atoms with Gasteiger partial charge in [-0.1, -0.05) is 25.1 Å². The molecule has 0 fully saturated rings. The molecule has 0 aliphatic rings. The van der Waals surface area contributed by atoms with Crippen molar-refractivity contribution in [2.75, 3.05) is 34.4 Å². The predicted molar refractivity (Wildman–Crippen MR) is 80.4 cm³/mol. The van der Waals surface area contributed by atoms with Gasteiger partial charge in [0.15, 0.2) is 0 Å².